The summed E-state index contributed by atoms with van der Waals surface area (Å²) in [6.45, 7) is 2.55. The fraction of sp³-hybridized carbons (Fsp3) is 1.00. The molecule has 245 valence electrons. The first kappa shape index (κ1) is 37.7. The van der Waals surface area contributed by atoms with E-state index in [0.29, 0.717) is 0 Å². The average Bonchev–Trinajstić information content (AvgIpc) is 2.99. The van der Waals surface area contributed by atoms with Crippen LogP contribution >= 0.6 is 0 Å². The van der Waals surface area contributed by atoms with E-state index in [9.17, 15) is 0 Å². The van der Waals surface area contributed by atoms with Gasteiger partial charge in [0.05, 0.1) is 0 Å². The van der Waals surface area contributed by atoms with E-state index >= 15 is 0 Å². The molecule has 3 fully saturated rings. The van der Waals surface area contributed by atoms with Gasteiger partial charge in [0, 0.05) is 0 Å². The van der Waals surface area contributed by atoms with Gasteiger partial charge < -0.3 is 0 Å². The van der Waals surface area contributed by atoms with E-state index in [4.69, 9.17) is 0 Å². The largest absolute Gasteiger partial charge is 0.117 e. The van der Waals surface area contributed by atoms with Crippen molar-refractivity contribution >= 4 is 21.8 Å². The zero-order valence-corrected chi connectivity index (χ0v) is 29.7. The zero-order chi connectivity index (χ0) is 30.0. The second-order valence-corrected chi connectivity index (χ2v) is 16.0. The Kier molecular flexibility index (Phi) is 23.0. The van der Waals surface area contributed by atoms with Gasteiger partial charge in [-0.1, -0.05) is 254 Å². The van der Waals surface area contributed by atoms with Gasteiger partial charge in [-0.15, -0.1) is 0 Å². The maximum atomic E-state index is 2.97. The van der Waals surface area contributed by atoms with Gasteiger partial charge in [-0.3, -0.25) is 0 Å². The molecule has 3 radical (unpaired) electrons. The molecule has 1 aliphatic carbocycles. The van der Waals surface area contributed by atoms with Crippen molar-refractivity contribution < 1.29 is 0 Å². The summed E-state index contributed by atoms with van der Waals surface area (Å²) in [5.41, 5.74) is 0. The molecule has 2 aliphatic heterocycles. The Morgan fingerprint density at radius 3 is 1.02 bits per heavy atom. The summed E-state index contributed by atoms with van der Waals surface area (Å²) in [7, 11) is 8.62. The minimum absolute atomic E-state index is 0.816. The fourth-order valence-corrected chi connectivity index (χ4v) is 9.05. The quantitative estimate of drug-likeness (QED) is 0.247. The van der Waals surface area contributed by atoms with Crippen LogP contribution in [-0.4, -0.2) is 21.8 Å². The lowest BCUT2D eigenvalue weighted by molar-refractivity contribution is 0.484. The normalized spacial score (nSPS) is 32.7. The SMILES string of the molecule is CC1[B]C2CCCC3[B]CCCCCCCCCCC([B]C(CCC3)CCC2)CCCCCCCCCCCCCCC1. The van der Waals surface area contributed by atoms with Gasteiger partial charge in [0.15, 0.2) is 0 Å². The van der Waals surface area contributed by atoms with Crippen LogP contribution in [0.4, 0.5) is 0 Å². The predicted octanol–water partition coefficient (Wildman–Crippen LogP) is 14.4. The highest BCUT2D eigenvalue weighted by molar-refractivity contribution is 6.40. The number of hydrogen-bond donors (Lipinski definition) is 0. The number of hydrogen-bond acceptors (Lipinski definition) is 0. The molecule has 5 atom stereocenters. The second kappa shape index (κ2) is 26.3. The van der Waals surface area contributed by atoms with Crippen molar-refractivity contribution in [3.05, 3.63) is 0 Å². The third-order valence-electron chi connectivity index (χ3n) is 11.9. The van der Waals surface area contributed by atoms with Crippen molar-refractivity contribution in [3.63, 3.8) is 0 Å². The molecule has 0 aromatic rings. The summed E-state index contributed by atoms with van der Waals surface area (Å²) in [5, 5.41) is 0. The first-order valence-electron chi connectivity index (χ1n) is 20.8. The Morgan fingerprint density at radius 2 is 0.581 bits per heavy atom. The van der Waals surface area contributed by atoms with Gasteiger partial charge in [0.1, 0.15) is 21.8 Å². The third-order valence-corrected chi connectivity index (χ3v) is 11.9. The van der Waals surface area contributed by atoms with Crippen molar-refractivity contribution in [2.75, 3.05) is 0 Å². The van der Waals surface area contributed by atoms with Crippen LogP contribution in [0.1, 0.15) is 219 Å². The van der Waals surface area contributed by atoms with E-state index in [1.54, 1.807) is 0 Å². The van der Waals surface area contributed by atoms with Crippen LogP contribution in [0.15, 0.2) is 0 Å². The number of fused-ring (bicyclic) bond motifs is 7. The molecule has 1 saturated carbocycles. The molecule has 3 heteroatoms. The van der Waals surface area contributed by atoms with Crippen LogP contribution in [0.2, 0.25) is 35.4 Å². The molecular weight excluding hydrogens is 513 g/mol. The van der Waals surface area contributed by atoms with Gasteiger partial charge in [-0.05, 0) is 0 Å². The summed E-state index contributed by atoms with van der Waals surface area (Å²) in [6.07, 6.45) is 50.1. The molecule has 0 aromatic carbocycles. The van der Waals surface area contributed by atoms with Crippen LogP contribution < -0.4 is 0 Å². The maximum Gasteiger partial charge on any atom is 0.117 e. The lowest BCUT2D eigenvalue weighted by Gasteiger charge is -2.27. The molecule has 2 saturated heterocycles. The Labute approximate surface area is 275 Å². The summed E-state index contributed by atoms with van der Waals surface area (Å²) >= 11 is 0. The first-order chi connectivity index (χ1) is 21.3. The lowest BCUT2D eigenvalue weighted by atomic mass is 9.48. The van der Waals surface area contributed by atoms with Gasteiger partial charge in [0.2, 0.25) is 0 Å². The smallest absolute Gasteiger partial charge is 0.0800 e. The summed E-state index contributed by atoms with van der Waals surface area (Å²) < 4.78 is 0. The molecule has 2 heterocycles. The van der Waals surface area contributed by atoms with Gasteiger partial charge in [-0.25, -0.2) is 0 Å². The predicted molar refractivity (Wildman–Crippen MR) is 199 cm³/mol. The van der Waals surface area contributed by atoms with Gasteiger partial charge in [0.25, 0.3) is 0 Å². The van der Waals surface area contributed by atoms with E-state index < -0.39 is 0 Å². The van der Waals surface area contributed by atoms with Crippen LogP contribution in [-0.2, 0) is 0 Å². The molecule has 0 N–H and O–H groups in total. The average molecular weight is 589 g/mol. The minimum atomic E-state index is 0.816. The highest BCUT2D eigenvalue weighted by Crippen LogP contribution is 2.37. The minimum Gasteiger partial charge on any atom is -0.0800 e. The molecule has 3 rings (SSSR count). The molecule has 5 unspecified atom stereocenters. The van der Waals surface area contributed by atoms with Crippen LogP contribution in [0.25, 0.3) is 0 Å². The van der Waals surface area contributed by atoms with Crippen LogP contribution in [0, 0.1) is 0 Å². The van der Waals surface area contributed by atoms with E-state index in [1.165, 1.54) is 218 Å². The van der Waals surface area contributed by atoms with Crippen LogP contribution in [0.3, 0.4) is 0 Å². The van der Waals surface area contributed by atoms with Crippen molar-refractivity contribution in [1.82, 2.24) is 0 Å². The van der Waals surface area contributed by atoms with E-state index in [-0.39, 0.29) is 0 Å². The molecule has 43 heavy (non-hydrogen) atoms. The third kappa shape index (κ3) is 20.1. The standard InChI is InChI=1S/C40H76B3/c1-36-26-19-15-11-7-5-3-2-4-6-8-12-16-20-27-39-28-21-17-13-9-10-14-18-22-35-41-37-29-23-31-38(42-36)32-25-34-40(43-39)33-24-30-37/h36-40H,2-35H2,1H3. The van der Waals surface area contributed by atoms with Crippen molar-refractivity contribution in [1.29, 1.82) is 0 Å². The van der Waals surface area contributed by atoms with E-state index in [1.807, 2.05) is 0 Å². The van der Waals surface area contributed by atoms with Gasteiger partial charge >= 0.3 is 0 Å². The van der Waals surface area contributed by atoms with E-state index in [0.717, 1.165) is 29.1 Å². The molecule has 0 amide bonds. The first-order valence-corrected chi connectivity index (χ1v) is 20.8. The maximum absolute atomic E-state index is 2.97. The Hall–Kier alpha value is 0.195. The molecule has 0 aromatic heterocycles. The summed E-state index contributed by atoms with van der Waals surface area (Å²) in [5.74, 6) is 4.35. The number of rotatable bonds is 0. The fourth-order valence-electron chi connectivity index (χ4n) is 9.05. The highest BCUT2D eigenvalue weighted by atomic mass is 14.2. The van der Waals surface area contributed by atoms with Crippen molar-refractivity contribution in [2.24, 2.45) is 0 Å². The molecular formula is C40H76B3. The monoisotopic (exact) mass is 590 g/mol. The van der Waals surface area contributed by atoms with Crippen molar-refractivity contribution in [3.8, 4) is 0 Å². The molecule has 3 aliphatic rings. The summed E-state index contributed by atoms with van der Waals surface area (Å²) in [4.78, 5) is 0. The van der Waals surface area contributed by atoms with Gasteiger partial charge in [-0.2, -0.15) is 0 Å². The zero-order valence-electron chi connectivity index (χ0n) is 29.7. The Morgan fingerprint density at radius 1 is 0.279 bits per heavy atom. The Balaban J connectivity index is 1.65. The topological polar surface area (TPSA) is 0 Å². The van der Waals surface area contributed by atoms with E-state index in [2.05, 4.69) is 28.8 Å². The summed E-state index contributed by atoms with van der Waals surface area (Å²) in [6, 6.07) is 0. The molecule has 0 spiro atoms. The molecule has 4 bridgehead atoms. The molecule has 0 nitrogen and oxygen atoms in total. The highest BCUT2D eigenvalue weighted by Gasteiger charge is 2.22. The lowest BCUT2D eigenvalue weighted by Crippen LogP contribution is -2.15. The van der Waals surface area contributed by atoms with Crippen LogP contribution in [0.5, 0.6) is 0 Å². The second-order valence-electron chi connectivity index (χ2n) is 16.0. The van der Waals surface area contributed by atoms with Crippen molar-refractivity contribution in [2.45, 2.75) is 254 Å². The Bertz CT molecular complexity index is 609.